The third-order valence-corrected chi connectivity index (χ3v) is 6.78. The maximum Gasteiger partial charge on any atom is 0.340 e. The standard InChI is InChI=1S/C21H22FNO5S/c1-15(20(24)16-9-11-17(22)12-10-16)28-21(25)18-7-3-4-8-19(18)29(26,27)23-13-5-2-6-14-23/h3-4,7-12,15H,2,5-6,13-14H2,1H3/t15-/m1/s1. The van der Waals surface area contributed by atoms with Crippen molar-refractivity contribution >= 4 is 21.8 Å². The van der Waals surface area contributed by atoms with Gasteiger partial charge in [-0.15, -0.1) is 0 Å². The topological polar surface area (TPSA) is 80.8 Å². The van der Waals surface area contributed by atoms with Gasteiger partial charge in [0.25, 0.3) is 0 Å². The van der Waals surface area contributed by atoms with Crippen molar-refractivity contribution in [3.63, 3.8) is 0 Å². The Balaban J connectivity index is 1.81. The second kappa shape index (κ2) is 8.84. The Kier molecular flexibility index (Phi) is 6.44. The molecule has 0 N–H and O–H groups in total. The van der Waals surface area contributed by atoms with Crippen LogP contribution in [0.5, 0.6) is 0 Å². The normalized spacial score (nSPS) is 16.2. The monoisotopic (exact) mass is 419 g/mol. The van der Waals surface area contributed by atoms with Crippen molar-refractivity contribution in [2.45, 2.75) is 37.2 Å². The van der Waals surface area contributed by atoms with Gasteiger partial charge in [0.15, 0.2) is 6.10 Å². The van der Waals surface area contributed by atoms with E-state index in [0.717, 1.165) is 31.4 Å². The van der Waals surface area contributed by atoms with Crippen molar-refractivity contribution in [3.05, 3.63) is 65.5 Å². The minimum Gasteiger partial charge on any atom is -0.451 e. The molecule has 154 valence electrons. The summed E-state index contributed by atoms with van der Waals surface area (Å²) in [6, 6.07) is 10.7. The molecule has 2 aromatic rings. The number of carbonyl (C=O) groups excluding carboxylic acids is 2. The lowest BCUT2D eigenvalue weighted by molar-refractivity contribution is 0.0315. The highest BCUT2D eigenvalue weighted by Gasteiger charge is 2.31. The molecule has 1 heterocycles. The van der Waals surface area contributed by atoms with Crippen LogP contribution >= 0.6 is 0 Å². The van der Waals surface area contributed by atoms with E-state index in [1.165, 1.54) is 41.6 Å². The Bertz CT molecular complexity index is 998. The fraction of sp³-hybridized carbons (Fsp3) is 0.333. The highest BCUT2D eigenvalue weighted by molar-refractivity contribution is 7.89. The van der Waals surface area contributed by atoms with Crippen LogP contribution in [0.1, 0.15) is 46.9 Å². The third-order valence-electron chi connectivity index (χ3n) is 4.82. The smallest absolute Gasteiger partial charge is 0.340 e. The van der Waals surface area contributed by atoms with E-state index in [0.29, 0.717) is 13.1 Å². The number of rotatable bonds is 6. The summed E-state index contributed by atoms with van der Waals surface area (Å²) < 4.78 is 45.6. The van der Waals surface area contributed by atoms with Crippen LogP contribution in [0, 0.1) is 5.82 Å². The Hall–Kier alpha value is -2.58. The van der Waals surface area contributed by atoms with Crippen LogP contribution < -0.4 is 0 Å². The predicted octanol–water partition coefficient (Wildman–Crippen LogP) is 3.43. The van der Waals surface area contributed by atoms with E-state index in [1.807, 2.05) is 0 Å². The number of esters is 1. The zero-order chi connectivity index (χ0) is 21.0. The first-order valence-electron chi connectivity index (χ1n) is 9.40. The molecule has 8 heteroatoms. The van der Waals surface area contributed by atoms with Crippen molar-refractivity contribution in [3.8, 4) is 0 Å². The Morgan fingerprint density at radius 1 is 1.00 bits per heavy atom. The van der Waals surface area contributed by atoms with Gasteiger partial charge in [-0.2, -0.15) is 4.31 Å². The van der Waals surface area contributed by atoms with E-state index in [4.69, 9.17) is 4.74 Å². The molecule has 29 heavy (non-hydrogen) atoms. The maximum absolute atomic E-state index is 13.0. The van der Waals surface area contributed by atoms with Gasteiger partial charge in [-0.05, 0) is 56.2 Å². The molecule has 2 aromatic carbocycles. The number of hydrogen-bond donors (Lipinski definition) is 0. The summed E-state index contributed by atoms with van der Waals surface area (Å²) in [7, 11) is -3.84. The van der Waals surface area contributed by atoms with Gasteiger partial charge in [0.1, 0.15) is 5.82 Å². The largest absolute Gasteiger partial charge is 0.451 e. The summed E-state index contributed by atoms with van der Waals surface area (Å²) in [4.78, 5) is 25.0. The van der Waals surface area contributed by atoms with Crippen LogP contribution in [0.15, 0.2) is 53.4 Å². The first-order valence-corrected chi connectivity index (χ1v) is 10.8. The Morgan fingerprint density at radius 3 is 2.28 bits per heavy atom. The average molecular weight is 419 g/mol. The zero-order valence-electron chi connectivity index (χ0n) is 16.0. The highest BCUT2D eigenvalue weighted by Crippen LogP contribution is 2.24. The molecular weight excluding hydrogens is 397 g/mol. The lowest BCUT2D eigenvalue weighted by atomic mass is 10.1. The van der Waals surface area contributed by atoms with Gasteiger partial charge in [-0.1, -0.05) is 18.6 Å². The summed E-state index contributed by atoms with van der Waals surface area (Å²) in [5.74, 6) is -1.89. The van der Waals surface area contributed by atoms with E-state index >= 15 is 0 Å². The number of piperidine rings is 1. The second-order valence-electron chi connectivity index (χ2n) is 6.88. The molecule has 1 fully saturated rings. The lowest BCUT2D eigenvalue weighted by Gasteiger charge is -2.26. The van der Waals surface area contributed by atoms with Crippen molar-refractivity contribution < 1.29 is 27.1 Å². The minimum absolute atomic E-state index is 0.114. The quantitative estimate of drug-likeness (QED) is 0.529. The molecule has 0 unspecified atom stereocenters. The summed E-state index contributed by atoms with van der Waals surface area (Å²) >= 11 is 0. The van der Waals surface area contributed by atoms with Gasteiger partial charge in [0, 0.05) is 18.7 Å². The van der Waals surface area contributed by atoms with Gasteiger partial charge < -0.3 is 4.74 Å². The maximum atomic E-state index is 13.0. The zero-order valence-corrected chi connectivity index (χ0v) is 16.8. The van der Waals surface area contributed by atoms with Gasteiger partial charge >= 0.3 is 5.97 Å². The fourth-order valence-corrected chi connectivity index (χ4v) is 4.93. The van der Waals surface area contributed by atoms with Crippen molar-refractivity contribution in [1.29, 1.82) is 0 Å². The van der Waals surface area contributed by atoms with Crippen LogP contribution in [0.4, 0.5) is 4.39 Å². The summed E-state index contributed by atoms with van der Waals surface area (Å²) in [6.07, 6.45) is 1.36. The van der Waals surface area contributed by atoms with E-state index in [1.54, 1.807) is 6.07 Å². The number of ketones is 1. The second-order valence-corrected chi connectivity index (χ2v) is 8.79. The first-order chi connectivity index (χ1) is 13.8. The van der Waals surface area contributed by atoms with Crippen LogP contribution in [0.2, 0.25) is 0 Å². The van der Waals surface area contributed by atoms with Crippen molar-refractivity contribution in [1.82, 2.24) is 4.31 Å². The Morgan fingerprint density at radius 2 is 1.62 bits per heavy atom. The van der Waals surface area contributed by atoms with Crippen molar-refractivity contribution in [2.75, 3.05) is 13.1 Å². The number of nitrogens with zero attached hydrogens (tertiary/aromatic N) is 1. The van der Waals surface area contributed by atoms with E-state index in [9.17, 15) is 22.4 Å². The average Bonchev–Trinajstić information content (AvgIpc) is 2.74. The molecule has 3 rings (SSSR count). The minimum atomic E-state index is -3.84. The molecule has 0 saturated carbocycles. The van der Waals surface area contributed by atoms with E-state index < -0.39 is 33.7 Å². The van der Waals surface area contributed by atoms with Gasteiger partial charge in [0.2, 0.25) is 15.8 Å². The molecular formula is C21H22FNO5S. The SMILES string of the molecule is C[C@@H](OC(=O)c1ccccc1S(=O)(=O)N1CCCCC1)C(=O)c1ccc(F)cc1. The molecule has 1 atom stereocenters. The van der Waals surface area contributed by atoms with Crippen LogP contribution in [-0.2, 0) is 14.8 Å². The summed E-state index contributed by atoms with van der Waals surface area (Å²) in [5, 5.41) is 0. The van der Waals surface area contributed by atoms with Crippen LogP contribution in [0.3, 0.4) is 0 Å². The van der Waals surface area contributed by atoms with Gasteiger partial charge in [-0.25, -0.2) is 17.6 Å². The van der Waals surface area contributed by atoms with E-state index in [-0.39, 0.29) is 16.0 Å². The predicted molar refractivity (Wildman–Crippen MR) is 105 cm³/mol. The van der Waals surface area contributed by atoms with Gasteiger partial charge in [0.05, 0.1) is 10.5 Å². The van der Waals surface area contributed by atoms with E-state index in [2.05, 4.69) is 0 Å². The number of halogens is 1. The third kappa shape index (κ3) is 4.71. The van der Waals surface area contributed by atoms with Crippen molar-refractivity contribution in [2.24, 2.45) is 0 Å². The summed E-state index contributed by atoms with van der Waals surface area (Å²) in [6.45, 7) is 2.21. The fourth-order valence-electron chi connectivity index (χ4n) is 3.23. The molecule has 0 aliphatic carbocycles. The summed E-state index contributed by atoms with van der Waals surface area (Å²) in [5.41, 5.74) is 0.0813. The van der Waals surface area contributed by atoms with Gasteiger partial charge in [-0.3, -0.25) is 4.79 Å². The van der Waals surface area contributed by atoms with Crippen LogP contribution in [0.25, 0.3) is 0 Å². The molecule has 0 spiro atoms. The molecule has 0 bridgehead atoms. The number of Topliss-reactive ketones (excluding diaryl/α,β-unsaturated/α-hetero) is 1. The number of benzene rings is 2. The molecule has 1 aliphatic rings. The number of hydrogen-bond acceptors (Lipinski definition) is 5. The molecule has 1 saturated heterocycles. The van der Waals surface area contributed by atoms with Crippen LogP contribution in [-0.4, -0.2) is 43.7 Å². The molecule has 0 amide bonds. The highest BCUT2D eigenvalue weighted by atomic mass is 32.2. The number of sulfonamides is 1. The Labute approximate surface area is 169 Å². The first kappa shape index (κ1) is 21.1. The number of carbonyl (C=O) groups is 2. The number of ether oxygens (including phenoxy) is 1. The molecule has 0 aromatic heterocycles. The molecule has 0 radical (unpaired) electrons. The molecule has 1 aliphatic heterocycles. The molecule has 6 nitrogen and oxygen atoms in total. The lowest BCUT2D eigenvalue weighted by Crippen LogP contribution is -2.36.